The predicted molar refractivity (Wildman–Crippen MR) is 56.4 cm³/mol. The zero-order valence-corrected chi connectivity index (χ0v) is 8.98. The maximum atomic E-state index is 11.5. The first-order valence-electron chi connectivity index (χ1n) is 5.33. The second-order valence-electron chi connectivity index (χ2n) is 3.85. The lowest BCUT2D eigenvalue weighted by atomic mass is 9.94. The normalized spacial score (nSPS) is 18.3. The highest BCUT2D eigenvalue weighted by Gasteiger charge is 2.20. The maximum Gasteiger partial charge on any atom is 0.328 e. The average molecular weight is 211 g/mol. The number of carbonyl (C=O) groups is 2. The molecule has 0 radical (unpaired) electrons. The van der Waals surface area contributed by atoms with Gasteiger partial charge in [0.15, 0.2) is 0 Å². The average Bonchev–Trinajstić information content (AvgIpc) is 2.26. The van der Waals surface area contributed by atoms with Crippen molar-refractivity contribution in [3.63, 3.8) is 0 Å². The molecule has 1 N–H and O–H groups in total. The number of hydrogen-bond donors (Lipinski definition) is 1. The number of rotatable bonds is 3. The largest absolute Gasteiger partial charge is 0.478 e. The Hall–Kier alpha value is -1.32. The summed E-state index contributed by atoms with van der Waals surface area (Å²) in [5.41, 5.74) is 0. The van der Waals surface area contributed by atoms with Crippen LogP contribution in [0, 0.1) is 5.92 Å². The van der Waals surface area contributed by atoms with E-state index in [9.17, 15) is 9.59 Å². The van der Waals surface area contributed by atoms with Crippen LogP contribution in [0.5, 0.6) is 0 Å². The van der Waals surface area contributed by atoms with E-state index in [0.29, 0.717) is 0 Å². The fourth-order valence-corrected chi connectivity index (χ4v) is 1.81. The molecule has 0 spiro atoms. The van der Waals surface area contributed by atoms with Crippen LogP contribution in [0.4, 0.5) is 0 Å². The molecule has 15 heavy (non-hydrogen) atoms. The van der Waals surface area contributed by atoms with Crippen LogP contribution in [0.2, 0.25) is 0 Å². The van der Waals surface area contributed by atoms with Gasteiger partial charge in [-0.3, -0.25) is 4.79 Å². The maximum absolute atomic E-state index is 11.5. The molecule has 1 aliphatic heterocycles. The fraction of sp³-hybridized carbons (Fsp3) is 0.636. The van der Waals surface area contributed by atoms with E-state index >= 15 is 0 Å². The highest BCUT2D eigenvalue weighted by Crippen LogP contribution is 2.19. The van der Waals surface area contributed by atoms with Gasteiger partial charge in [-0.2, -0.15) is 0 Å². The Morgan fingerprint density at radius 1 is 1.33 bits per heavy atom. The number of piperidine rings is 1. The molecule has 84 valence electrons. The highest BCUT2D eigenvalue weighted by atomic mass is 16.4. The molecular weight excluding hydrogens is 194 g/mol. The molecule has 0 aromatic heterocycles. The number of amides is 1. The van der Waals surface area contributed by atoms with E-state index in [2.05, 4.69) is 6.92 Å². The number of carboxylic acids is 1. The lowest BCUT2D eigenvalue weighted by Gasteiger charge is -2.30. The van der Waals surface area contributed by atoms with Gasteiger partial charge in [-0.15, -0.1) is 0 Å². The fourth-order valence-electron chi connectivity index (χ4n) is 1.81. The molecule has 1 fully saturated rings. The van der Waals surface area contributed by atoms with E-state index < -0.39 is 5.97 Å². The van der Waals surface area contributed by atoms with Crippen LogP contribution in [-0.4, -0.2) is 35.0 Å². The summed E-state index contributed by atoms with van der Waals surface area (Å²) in [5.74, 6) is -0.545. The molecule has 0 aromatic rings. The van der Waals surface area contributed by atoms with Gasteiger partial charge in [0.05, 0.1) is 0 Å². The molecule has 1 aliphatic rings. The Morgan fingerprint density at radius 2 is 1.93 bits per heavy atom. The van der Waals surface area contributed by atoms with Gasteiger partial charge in [-0.25, -0.2) is 4.79 Å². The first-order valence-corrected chi connectivity index (χ1v) is 5.33. The smallest absolute Gasteiger partial charge is 0.328 e. The lowest BCUT2D eigenvalue weighted by Crippen LogP contribution is -2.37. The van der Waals surface area contributed by atoms with Gasteiger partial charge in [0.2, 0.25) is 5.91 Å². The second kappa shape index (κ2) is 5.53. The summed E-state index contributed by atoms with van der Waals surface area (Å²) < 4.78 is 0. The number of likely N-dealkylation sites (tertiary alicyclic amines) is 1. The minimum absolute atomic E-state index is 0.188. The van der Waals surface area contributed by atoms with Crippen LogP contribution in [-0.2, 0) is 9.59 Å². The summed E-state index contributed by atoms with van der Waals surface area (Å²) in [6, 6.07) is 0. The Morgan fingerprint density at radius 3 is 2.40 bits per heavy atom. The third kappa shape index (κ3) is 3.73. The van der Waals surface area contributed by atoms with Gasteiger partial charge in [0.1, 0.15) is 0 Å². The summed E-state index contributed by atoms with van der Waals surface area (Å²) in [6.07, 6.45) is 5.25. The van der Waals surface area contributed by atoms with Gasteiger partial charge in [-0.1, -0.05) is 13.3 Å². The van der Waals surface area contributed by atoms with Crippen molar-refractivity contribution in [2.24, 2.45) is 5.92 Å². The van der Waals surface area contributed by atoms with Gasteiger partial charge in [0, 0.05) is 25.2 Å². The molecule has 0 unspecified atom stereocenters. The van der Waals surface area contributed by atoms with Crippen LogP contribution in [0.15, 0.2) is 12.2 Å². The van der Waals surface area contributed by atoms with E-state index in [-0.39, 0.29) is 5.91 Å². The highest BCUT2D eigenvalue weighted by molar-refractivity contribution is 5.93. The summed E-state index contributed by atoms with van der Waals surface area (Å²) in [4.78, 5) is 23.4. The number of nitrogens with zero attached hydrogens (tertiary/aromatic N) is 1. The molecular formula is C11H17NO3. The minimum atomic E-state index is -1.08. The Labute approximate surface area is 89.6 Å². The molecule has 0 atom stereocenters. The summed E-state index contributed by atoms with van der Waals surface area (Å²) >= 11 is 0. The number of hydrogen-bond acceptors (Lipinski definition) is 2. The second-order valence-corrected chi connectivity index (χ2v) is 3.85. The van der Waals surface area contributed by atoms with E-state index in [0.717, 1.165) is 50.4 Å². The predicted octanol–water partition coefficient (Wildman–Crippen LogP) is 1.28. The number of carbonyl (C=O) groups excluding carboxylic acids is 1. The number of carboxylic acid groups (broad SMARTS) is 1. The van der Waals surface area contributed by atoms with Crippen LogP contribution in [0.3, 0.4) is 0 Å². The first-order chi connectivity index (χ1) is 7.13. The SMILES string of the molecule is CCC1CCN(C(=O)/C=C/C(=O)O)CC1. The lowest BCUT2D eigenvalue weighted by molar-refractivity contribution is -0.132. The molecule has 1 heterocycles. The van der Waals surface area contributed by atoms with E-state index in [1.54, 1.807) is 4.90 Å². The summed E-state index contributed by atoms with van der Waals surface area (Å²) in [7, 11) is 0. The first kappa shape index (κ1) is 11.8. The minimum Gasteiger partial charge on any atom is -0.478 e. The van der Waals surface area contributed by atoms with Gasteiger partial charge >= 0.3 is 5.97 Å². The quantitative estimate of drug-likeness (QED) is 0.715. The van der Waals surface area contributed by atoms with Crippen molar-refractivity contribution in [2.75, 3.05) is 13.1 Å². The third-order valence-corrected chi connectivity index (χ3v) is 2.87. The van der Waals surface area contributed by atoms with E-state index in [1.165, 1.54) is 0 Å². The van der Waals surface area contributed by atoms with Crippen molar-refractivity contribution in [3.8, 4) is 0 Å². The molecule has 0 bridgehead atoms. The van der Waals surface area contributed by atoms with Crippen molar-refractivity contribution in [1.82, 2.24) is 4.90 Å². The van der Waals surface area contributed by atoms with Gasteiger partial charge < -0.3 is 10.0 Å². The van der Waals surface area contributed by atoms with Crippen LogP contribution >= 0.6 is 0 Å². The molecule has 1 rings (SSSR count). The van der Waals surface area contributed by atoms with Crippen molar-refractivity contribution in [1.29, 1.82) is 0 Å². The van der Waals surface area contributed by atoms with Gasteiger partial charge in [-0.05, 0) is 18.8 Å². The molecule has 0 aliphatic carbocycles. The summed E-state index contributed by atoms with van der Waals surface area (Å²) in [6.45, 7) is 3.66. The molecule has 4 heteroatoms. The third-order valence-electron chi connectivity index (χ3n) is 2.87. The van der Waals surface area contributed by atoms with E-state index in [4.69, 9.17) is 5.11 Å². The molecule has 0 saturated carbocycles. The van der Waals surface area contributed by atoms with Crippen LogP contribution in [0.25, 0.3) is 0 Å². The van der Waals surface area contributed by atoms with E-state index in [1.807, 2.05) is 0 Å². The standard InChI is InChI=1S/C11H17NO3/c1-2-9-5-7-12(8-6-9)10(13)3-4-11(14)15/h3-4,9H,2,5-8H2,1H3,(H,14,15)/b4-3+. The zero-order valence-electron chi connectivity index (χ0n) is 8.98. The Kier molecular flexibility index (Phi) is 4.34. The summed E-state index contributed by atoms with van der Waals surface area (Å²) in [5, 5.41) is 8.38. The molecule has 1 amide bonds. The number of aliphatic carboxylic acids is 1. The molecule has 1 saturated heterocycles. The van der Waals surface area contributed by atoms with Crippen LogP contribution in [0.1, 0.15) is 26.2 Å². The van der Waals surface area contributed by atoms with Crippen molar-refractivity contribution in [2.45, 2.75) is 26.2 Å². The Balaban J connectivity index is 2.39. The molecule has 4 nitrogen and oxygen atoms in total. The monoisotopic (exact) mass is 211 g/mol. The van der Waals surface area contributed by atoms with Gasteiger partial charge in [0.25, 0.3) is 0 Å². The molecule has 0 aromatic carbocycles. The zero-order chi connectivity index (χ0) is 11.3. The Bertz CT molecular complexity index is 265. The van der Waals surface area contributed by atoms with Crippen molar-refractivity contribution in [3.05, 3.63) is 12.2 Å². The van der Waals surface area contributed by atoms with Crippen molar-refractivity contribution >= 4 is 11.9 Å². The van der Waals surface area contributed by atoms with Crippen molar-refractivity contribution < 1.29 is 14.7 Å². The topological polar surface area (TPSA) is 57.6 Å². The van der Waals surface area contributed by atoms with Crippen LogP contribution < -0.4 is 0 Å².